The fourth-order valence-corrected chi connectivity index (χ4v) is 2.20. The summed E-state index contributed by atoms with van der Waals surface area (Å²) < 4.78 is 5.64. The molecule has 1 atom stereocenters. The van der Waals surface area contributed by atoms with E-state index in [1.807, 2.05) is 7.05 Å². The van der Waals surface area contributed by atoms with Gasteiger partial charge in [-0.15, -0.1) is 11.3 Å². The maximum absolute atomic E-state index is 5.64. The number of nitrogens with zero attached hydrogens (tertiary/aromatic N) is 1. The van der Waals surface area contributed by atoms with Crippen molar-refractivity contribution in [2.24, 2.45) is 0 Å². The number of hydrogen-bond acceptors (Lipinski definition) is 4. The van der Waals surface area contributed by atoms with Crippen molar-refractivity contribution in [2.45, 2.75) is 39.4 Å². The molecule has 0 aliphatic rings. The molecule has 4 heteroatoms. The summed E-state index contributed by atoms with van der Waals surface area (Å²) in [7, 11) is 1.93. The van der Waals surface area contributed by atoms with Crippen molar-refractivity contribution >= 4 is 11.3 Å². The number of aromatic nitrogens is 1. The number of aryl methyl sites for hydroxylation is 1. The van der Waals surface area contributed by atoms with Gasteiger partial charge in [0.1, 0.15) is 0 Å². The second-order valence-electron chi connectivity index (χ2n) is 3.66. The lowest BCUT2D eigenvalue weighted by Gasteiger charge is -2.10. The third-order valence-electron chi connectivity index (χ3n) is 2.07. The zero-order valence-electron chi connectivity index (χ0n) is 9.75. The molecular formula is C11H20N2OS. The highest BCUT2D eigenvalue weighted by Crippen LogP contribution is 2.12. The van der Waals surface area contributed by atoms with E-state index >= 15 is 0 Å². The predicted octanol–water partition coefficient (Wildman–Crippen LogP) is 2.22. The van der Waals surface area contributed by atoms with Gasteiger partial charge in [-0.25, -0.2) is 4.98 Å². The Morgan fingerprint density at radius 3 is 3.07 bits per heavy atom. The summed E-state index contributed by atoms with van der Waals surface area (Å²) in [6.07, 6.45) is 2.48. The minimum atomic E-state index is 0.242. The van der Waals surface area contributed by atoms with Gasteiger partial charge in [0.2, 0.25) is 0 Å². The van der Waals surface area contributed by atoms with Crippen LogP contribution in [0.5, 0.6) is 0 Å². The van der Waals surface area contributed by atoms with E-state index in [0.29, 0.717) is 6.61 Å². The quantitative estimate of drug-likeness (QED) is 0.777. The fraction of sp³-hybridized carbons (Fsp3) is 0.727. The first-order valence-electron chi connectivity index (χ1n) is 5.45. The van der Waals surface area contributed by atoms with Gasteiger partial charge in [0.25, 0.3) is 0 Å². The van der Waals surface area contributed by atoms with Crippen molar-refractivity contribution in [1.82, 2.24) is 10.3 Å². The lowest BCUT2D eigenvalue weighted by Crippen LogP contribution is -2.23. The van der Waals surface area contributed by atoms with Crippen LogP contribution >= 0.6 is 11.3 Å². The molecule has 1 N–H and O–H groups in total. The van der Waals surface area contributed by atoms with Crippen LogP contribution in [0.25, 0.3) is 0 Å². The fourth-order valence-electron chi connectivity index (χ4n) is 1.32. The third-order valence-corrected chi connectivity index (χ3v) is 3.03. The van der Waals surface area contributed by atoms with Gasteiger partial charge in [-0.2, -0.15) is 0 Å². The standard InChI is InChI=1S/C11H20N2OS/c1-4-5-11-13-10(8-15-11)7-14-9(2)6-12-3/h8-9,12H,4-7H2,1-3H3. The molecule has 0 aliphatic heterocycles. The summed E-state index contributed by atoms with van der Waals surface area (Å²) in [5, 5.41) is 6.40. The Labute approximate surface area is 95.9 Å². The molecule has 3 nitrogen and oxygen atoms in total. The Morgan fingerprint density at radius 2 is 2.40 bits per heavy atom. The van der Waals surface area contributed by atoms with E-state index < -0.39 is 0 Å². The van der Waals surface area contributed by atoms with Crippen LogP contribution in [0.2, 0.25) is 0 Å². The minimum Gasteiger partial charge on any atom is -0.371 e. The minimum absolute atomic E-state index is 0.242. The highest BCUT2D eigenvalue weighted by atomic mass is 32.1. The molecule has 0 fully saturated rings. The van der Waals surface area contributed by atoms with Crippen LogP contribution < -0.4 is 5.32 Å². The number of nitrogens with one attached hydrogen (secondary N) is 1. The van der Waals surface area contributed by atoms with Crippen molar-refractivity contribution in [3.8, 4) is 0 Å². The third kappa shape index (κ3) is 4.73. The van der Waals surface area contributed by atoms with Gasteiger partial charge in [0.15, 0.2) is 0 Å². The average Bonchev–Trinajstić information content (AvgIpc) is 2.64. The van der Waals surface area contributed by atoms with Crippen LogP contribution in [0.1, 0.15) is 31.0 Å². The lowest BCUT2D eigenvalue weighted by molar-refractivity contribution is 0.0527. The molecule has 0 saturated carbocycles. The summed E-state index contributed by atoms with van der Waals surface area (Å²) in [6, 6.07) is 0. The van der Waals surface area contributed by atoms with Gasteiger partial charge < -0.3 is 10.1 Å². The van der Waals surface area contributed by atoms with Crippen LogP contribution in [-0.4, -0.2) is 24.7 Å². The topological polar surface area (TPSA) is 34.1 Å². The van der Waals surface area contributed by atoms with Crippen molar-refractivity contribution in [2.75, 3.05) is 13.6 Å². The molecule has 1 rings (SSSR count). The van der Waals surface area contributed by atoms with Crippen LogP contribution in [0.3, 0.4) is 0 Å². The van der Waals surface area contributed by atoms with Gasteiger partial charge in [-0.3, -0.25) is 0 Å². The molecule has 0 amide bonds. The molecule has 0 aromatic carbocycles. The van der Waals surface area contributed by atoms with Gasteiger partial charge in [0.05, 0.1) is 23.4 Å². The van der Waals surface area contributed by atoms with Crippen molar-refractivity contribution in [1.29, 1.82) is 0 Å². The van der Waals surface area contributed by atoms with Gasteiger partial charge in [-0.1, -0.05) is 6.92 Å². The molecule has 1 unspecified atom stereocenters. The summed E-state index contributed by atoms with van der Waals surface area (Å²) in [6.45, 7) is 5.75. The van der Waals surface area contributed by atoms with Gasteiger partial charge >= 0.3 is 0 Å². The molecule has 1 heterocycles. The molecular weight excluding hydrogens is 208 g/mol. The molecule has 1 aromatic heterocycles. The number of rotatable bonds is 7. The van der Waals surface area contributed by atoms with E-state index in [4.69, 9.17) is 4.74 Å². The van der Waals surface area contributed by atoms with Crippen LogP contribution in [0.15, 0.2) is 5.38 Å². The van der Waals surface area contributed by atoms with Crippen LogP contribution in [0, 0.1) is 0 Å². The largest absolute Gasteiger partial charge is 0.371 e. The summed E-state index contributed by atoms with van der Waals surface area (Å²) in [5.74, 6) is 0. The Kier molecular flexibility index (Phi) is 5.83. The highest BCUT2D eigenvalue weighted by molar-refractivity contribution is 7.09. The number of ether oxygens (including phenoxy) is 1. The second-order valence-corrected chi connectivity index (χ2v) is 4.60. The molecule has 0 saturated heterocycles. The van der Waals surface area contributed by atoms with Crippen LogP contribution in [-0.2, 0) is 17.8 Å². The SMILES string of the molecule is CCCc1nc(COC(C)CNC)cs1. The Balaban J connectivity index is 2.30. The average molecular weight is 228 g/mol. The van der Waals surface area contributed by atoms with E-state index in [2.05, 4.69) is 29.5 Å². The first-order valence-corrected chi connectivity index (χ1v) is 6.33. The van der Waals surface area contributed by atoms with E-state index in [0.717, 1.165) is 25.1 Å². The summed E-state index contributed by atoms with van der Waals surface area (Å²) in [5.41, 5.74) is 1.06. The first kappa shape index (κ1) is 12.6. The van der Waals surface area contributed by atoms with E-state index in [1.54, 1.807) is 11.3 Å². The van der Waals surface area contributed by atoms with Crippen molar-refractivity contribution < 1.29 is 4.74 Å². The Hall–Kier alpha value is -0.450. The molecule has 86 valence electrons. The van der Waals surface area contributed by atoms with Gasteiger partial charge in [-0.05, 0) is 26.8 Å². The molecule has 15 heavy (non-hydrogen) atoms. The maximum Gasteiger partial charge on any atom is 0.0929 e. The second kappa shape index (κ2) is 6.93. The monoisotopic (exact) mass is 228 g/mol. The Morgan fingerprint density at radius 1 is 1.60 bits per heavy atom. The van der Waals surface area contributed by atoms with Crippen LogP contribution in [0.4, 0.5) is 0 Å². The highest BCUT2D eigenvalue weighted by Gasteiger charge is 2.04. The van der Waals surface area contributed by atoms with E-state index in [1.165, 1.54) is 5.01 Å². The van der Waals surface area contributed by atoms with Crippen molar-refractivity contribution in [3.05, 3.63) is 16.1 Å². The first-order chi connectivity index (χ1) is 7.26. The maximum atomic E-state index is 5.64. The normalized spacial score (nSPS) is 13.0. The Bertz CT molecular complexity index is 275. The predicted molar refractivity (Wildman–Crippen MR) is 64.3 cm³/mol. The zero-order valence-corrected chi connectivity index (χ0v) is 10.6. The number of likely N-dealkylation sites (N-methyl/N-ethyl adjacent to an activating group) is 1. The summed E-state index contributed by atoms with van der Waals surface area (Å²) >= 11 is 1.73. The molecule has 0 bridgehead atoms. The summed E-state index contributed by atoms with van der Waals surface area (Å²) in [4.78, 5) is 4.51. The molecule has 0 aliphatic carbocycles. The number of thiazole rings is 1. The molecule has 0 radical (unpaired) electrons. The zero-order chi connectivity index (χ0) is 11.1. The lowest BCUT2D eigenvalue weighted by atomic mass is 10.3. The molecule has 0 spiro atoms. The van der Waals surface area contributed by atoms with E-state index in [-0.39, 0.29) is 6.10 Å². The molecule has 1 aromatic rings. The number of hydrogen-bond donors (Lipinski definition) is 1. The smallest absolute Gasteiger partial charge is 0.0929 e. The van der Waals surface area contributed by atoms with E-state index in [9.17, 15) is 0 Å². The van der Waals surface area contributed by atoms with Crippen molar-refractivity contribution in [3.63, 3.8) is 0 Å². The van der Waals surface area contributed by atoms with Gasteiger partial charge in [0, 0.05) is 11.9 Å².